The highest BCUT2D eigenvalue weighted by Gasteiger charge is 2.12. The van der Waals surface area contributed by atoms with Crippen LogP contribution in [0.2, 0.25) is 0 Å². The molecule has 0 aliphatic rings. The monoisotopic (exact) mass is 242 g/mol. The van der Waals surface area contributed by atoms with Gasteiger partial charge in [-0.05, 0) is 11.6 Å². The molecule has 0 aliphatic heterocycles. The number of hydrogen-bond acceptors (Lipinski definition) is 4. The van der Waals surface area contributed by atoms with E-state index in [1.807, 2.05) is 0 Å². The summed E-state index contributed by atoms with van der Waals surface area (Å²) in [5.74, 6) is -0.917. The van der Waals surface area contributed by atoms with Crippen molar-refractivity contribution in [1.29, 1.82) is 0 Å². The third kappa shape index (κ3) is 2.20. The van der Waals surface area contributed by atoms with Crippen LogP contribution in [-0.4, -0.2) is 22.3 Å². The van der Waals surface area contributed by atoms with Crippen LogP contribution in [0.3, 0.4) is 0 Å². The lowest BCUT2D eigenvalue weighted by molar-refractivity contribution is 0.0697. The summed E-state index contributed by atoms with van der Waals surface area (Å²) in [5, 5.41) is 9.11. The van der Waals surface area contributed by atoms with Crippen LogP contribution in [0.15, 0.2) is 36.5 Å². The second-order valence-electron chi connectivity index (χ2n) is 3.70. The van der Waals surface area contributed by atoms with Gasteiger partial charge in [0.2, 0.25) is 0 Å². The first-order valence-corrected chi connectivity index (χ1v) is 5.16. The highest BCUT2D eigenvalue weighted by atomic mass is 16.4. The maximum absolute atomic E-state index is 11.1. The largest absolute Gasteiger partial charge is 0.478 e. The quantitative estimate of drug-likeness (QED) is 0.801. The number of carbonyl (C=O) groups is 2. The molecule has 0 bridgehead atoms. The van der Waals surface area contributed by atoms with E-state index in [-0.39, 0.29) is 11.4 Å². The van der Waals surface area contributed by atoms with E-state index in [0.717, 1.165) is 6.29 Å². The predicted octanol–water partition coefficient (Wildman–Crippen LogP) is 1.84. The van der Waals surface area contributed by atoms with Crippen LogP contribution in [0.25, 0.3) is 11.1 Å². The van der Waals surface area contributed by atoms with Gasteiger partial charge in [-0.15, -0.1) is 0 Å². The molecule has 0 aliphatic carbocycles. The first-order valence-electron chi connectivity index (χ1n) is 5.16. The smallest absolute Gasteiger partial charge is 0.336 e. The summed E-state index contributed by atoms with van der Waals surface area (Å²) >= 11 is 0. The Morgan fingerprint density at radius 2 is 1.94 bits per heavy atom. The molecule has 0 saturated heterocycles. The Bertz CT molecular complexity index is 606. The number of nitrogen functional groups attached to an aromatic ring is 1. The van der Waals surface area contributed by atoms with Gasteiger partial charge in [-0.2, -0.15) is 0 Å². The Kier molecular flexibility index (Phi) is 3.05. The highest BCUT2D eigenvalue weighted by Crippen LogP contribution is 2.24. The van der Waals surface area contributed by atoms with Crippen LogP contribution in [0.4, 0.5) is 5.82 Å². The van der Waals surface area contributed by atoms with Gasteiger partial charge < -0.3 is 10.8 Å². The zero-order valence-electron chi connectivity index (χ0n) is 9.33. The average Bonchev–Trinajstić information content (AvgIpc) is 2.39. The van der Waals surface area contributed by atoms with Crippen LogP contribution in [0.1, 0.15) is 20.7 Å². The highest BCUT2D eigenvalue weighted by molar-refractivity contribution is 5.96. The molecule has 0 spiro atoms. The van der Waals surface area contributed by atoms with Crippen molar-refractivity contribution in [2.75, 3.05) is 5.73 Å². The van der Waals surface area contributed by atoms with Crippen LogP contribution in [0, 0.1) is 0 Å². The molecule has 1 aromatic heterocycles. The van der Waals surface area contributed by atoms with Gasteiger partial charge >= 0.3 is 5.97 Å². The van der Waals surface area contributed by atoms with Crippen molar-refractivity contribution >= 4 is 18.1 Å². The maximum atomic E-state index is 11.1. The molecule has 3 N–H and O–H groups in total. The van der Waals surface area contributed by atoms with Gasteiger partial charge in [0.1, 0.15) is 12.1 Å². The molecule has 2 rings (SSSR count). The fourth-order valence-corrected chi connectivity index (χ4v) is 1.62. The van der Waals surface area contributed by atoms with Crippen molar-refractivity contribution < 1.29 is 14.7 Å². The van der Waals surface area contributed by atoms with E-state index in [9.17, 15) is 9.59 Å². The number of carboxylic acid groups (broad SMARTS) is 1. The lowest BCUT2D eigenvalue weighted by Crippen LogP contribution is -2.02. The normalized spacial score (nSPS) is 10.0. The molecule has 2 aromatic rings. The number of benzene rings is 1. The summed E-state index contributed by atoms with van der Waals surface area (Å²) in [7, 11) is 0. The molecule has 0 radical (unpaired) electrons. The van der Waals surface area contributed by atoms with E-state index in [4.69, 9.17) is 10.8 Å². The zero-order chi connectivity index (χ0) is 13.1. The van der Waals surface area contributed by atoms with E-state index < -0.39 is 5.97 Å². The molecule has 0 saturated carbocycles. The summed E-state index contributed by atoms with van der Waals surface area (Å²) < 4.78 is 0. The van der Waals surface area contributed by atoms with Crippen molar-refractivity contribution in [1.82, 2.24) is 4.98 Å². The standard InChI is InChI=1S/C13H10N2O3/c14-12-5-10(13(17)18)11(6-15-12)9-3-1-8(7-16)2-4-9/h1-7H,(H2,14,15)(H,17,18). The molecule has 5 heteroatoms. The van der Waals surface area contributed by atoms with Crippen molar-refractivity contribution in [3.05, 3.63) is 47.7 Å². The first kappa shape index (κ1) is 11.8. The number of nitrogens with zero attached hydrogens (tertiary/aromatic N) is 1. The summed E-state index contributed by atoms with van der Waals surface area (Å²) in [6.07, 6.45) is 2.14. The molecule has 1 aromatic carbocycles. The third-order valence-corrected chi connectivity index (χ3v) is 2.51. The third-order valence-electron chi connectivity index (χ3n) is 2.51. The van der Waals surface area contributed by atoms with E-state index in [1.54, 1.807) is 24.3 Å². The van der Waals surface area contributed by atoms with Crippen LogP contribution < -0.4 is 5.73 Å². The van der Waals surface area contributed by atoms with Crippen molar-refractivity contribution in [2.45, 2.75) is 0 Å². The molecular formula is C13H10N2O3. The molecule has 0 fully saturated rings. The van der Waals surface area contributed by atoms with Crippen LogP contribution in [0.5, 0.6) is 0 Å². The Hall–Kier alpha value is -2.69. The van der Waals surface area contributed by atoms with Crippen LogP contribution in [-0.2, 0) is 0 Å². The van der Waals surface area contributed by atoms with Crippen molar-refractivity contribution in [3.63, 3.8) is 0 Å². The number of hydrogen-bond donors (Lipinski definition) is 2. The molecule has 18 heavy (non-hydrogen) atoms. The Morgan fingerprint density at radius 1 is 1.28 bits per heavy atom. The SMILES string of the molecule is Nc1cc(C(=O)O)c(-c2ccc(C=O)cc2)cn1. The second kappa shape index (κ2) is 4.67. The van der Waals surface area contributed by atoms with Gasteiger partial charge in [-0.1, -0.05) is 24.3 Å². The fraction of sp³-hybridized carbons (Fsp3) is 0. The summed E-state index contributed by atoms with van der Waals surface area (Å²) in [6.45, 7) is 0. The second-order valence-corrected chi connectivity index (χ2v) is 3.70. The van der Waals surface area contributed by atoms with Gasteiger partial charge in [0.05, 0.1) is 5.56 Å². The number of aromatic carboxylic acids is 1. The number of aldehydes is 1. The molecular weight excluding hydrogens is 232 g/mol. The average molecular weight is 242 g/mol. The Morgan fingerprint density at radius 3 is 2.50 bits per heavy atom. The molecule has 0 unspecified atom stereocenters. The van der Waals surface area contributed by atoms with Gasteiger partial charge in [0, 0.05) is 17.3 Å². The fourth-order valence-electron chi connectivity index (χ4n) is 1.62. The van der Waals surface area contributed by atoms with E-state index in [0.29, 0.717) is 16.7 Å². The van der Waals surface area contributed by atoms with Gasteiger partial charge in [0.15, 0.2) is 0 Å². The topological polar surface area (TPSA) is 93.3 Å². The number of carboxylic acids is 1. The van der Waals surface area contributed by atoms with Crippen LogP contribution >= 0.6 is 0 Å². The number of rotatable bonds is 3. The number of anilines is 1. The lowest BCUT2D eigenvalue weighted by Gasteiger charge is -2.06. The van der Waals surface area contributed by atoms with Crippen molar-refractivity contribution in [2.24, 2.45) is 0 Å². The molecule has 0 amide bonds. The molecule has 5 nitrogen and oxygen atoms in total. The zero-order valence-corrected chi connectivity index (χ0v) is 9.33. The minimum atomic E-state index is -1.07. The van der Waals surface area contributed by atoms with Gasteiger partial charge in [-0.3, -0.25) is 4.79 Å². The minimum Gasteiger partial charge on any atom is -0.478 e. The van der Waals surface area contributed by atoms with Gasteiger partial charge in [-0.25, -0.2) is 9.78 Å². The summed E-state index contributed by atoms with van der Waals surface area (Å²) in [5.41, 5.74) is 7.22. The van der Waals surface area contributed by atoms with Crippen molar-refractivity contribution in [3.8, 4) is 11.1 Å². The molecule has 0 atom stereocenters. The maximum Gasteiger partial charge on any atom is 0.336 e. The number of carbonyl (C=O) groups excluding carboxylic acids is 1. The Labute approximate surface area is 103 Å². The lowest BCUT2D eigenvalue weighted by atomic mass is 10.0. The summed E-state index contributed by atoms with van der Waals surface area (Å²) in [4.78, 5) is 25.6. The predicted molar refractivity (Wildman–Crippen MR) is 66.4 cm³/mol. The van der Waals surface area contributed by atoms with E-state index >= 15 is 0 Å². The van der Waals surface area contributed by atoms with E-state index in [1.165, 1.54) is 12.3 Å². The summed E-state index contributed by atoms with van der Waals surface area (Å²) in [6, 6.07) is 7.88. The van der Waals surface area contributed by atoms with E-state index in [2.05, 4.69) is 4.98 Å². The molecule has 1 heterocycles. The van der Waals surface area contributed by atoms with Gasteiger partial charge in [0.25, 0.3) is 0 Å². The minimum absolute atomic E-state index is 0.0846. The first-order chi connectivity index (χ1) is 8.61. The molecule has 90 valence electrons. The number of pyridine rings is 1. The Balaban J connectivity index is 2.55. The number of nitrogens with two attached hydrogens (primary N) is 1. The number of aromatic nitrogens is 1.